The average molecular weight is 368 g/mol. The van der Waals surface area contributed by atoms with Crippen LogP contribution >= 0.6 is 34.8 Å². The van der Waals surface area contributed by atoms with E-state index in [0.717, 1.165) is 12.1 Å². The van der Waals surface area contributed by atoms with Gasteiger partial charge in [-0.1, -0.05) is 34.8 Å². The average Bonchev–Trinajstić information content (AvgIpc) is 2.35. The van der Waals surface area contributed by atoms with Crippen LogP contribution in [0.1, 0.15) is 0 Å². The van der Waals surface area contributed by atoms with Gasteiger partial charge < -0.3 is 15.0 Å². The van der Waals surface area contributed by atoms with E-state index >= 15 is 0 Å². The Bertz CT molecular complexity index is 808. The van der Waals surface area contributed by atoms with Gasteiger partial charge in [-0.15, -0.1) is 0 Å². The quantitative estimate of drug-likeness (QED) is 0.655. The first kappa shape index (κ1) is 16.2. The smallest absolute Gasteiger partial charge is 0.146 e. The zero-order chi connectivity index (χ0) is 15.8. The molecular weight excluding hydrogens is 361 g/mol. The summed E-state index contributed by atoms with van der Waals surface area (Å²) >= 11 is 17.4. The molecule has 0 amide bonds. The summed E-state index contributed by atoms with van der Waals surface area (Å²) in [6.45, 7) is 0. The second kappa shape index (κ2) is 5.90. The summed E-state index contributed by atoms with van der Waals surface area (Å²) in [7, 11) is -4.80. The predicted molar refractivity (Wildman–Crippen MR) is 80.4 cm³/mol. The third-order valence-corrected chi connectivity index (χ3v) is 4.31. The standard InChI is InChI=1S/C12H8Cl3NO4S/c13-7-4-11(12(5-8(7)14)21(17,18)19)20-10-2-1-6(16)3-9(10)15/h1-5H,16H2,(H,17,18,19)/p-1. The van der Waals surface area contributed by atoms with E-state index in [1.165, 1.54) is 18.2 Å². The van der Waals surface area contributed by atoms with Crippen molar-refractivity contribution in [2.45, 2.75) is 4.90 Å². The Balaban J connectivity index is 2.56. The highest BCUT2D eigenvalue weighted by Gasteiger charge is 2.16. The van der Waals surface area contributed by atoms with Crippen LogP contribution in [0.4, 0.5) is 5.69 Å². The van der Waals surface area contributed by atoms with Gasteiger partial charge in [-0.2, -0.15) is 0 Å². The number of halogens is 3. The van der Waals surface area contributed by atoms with Gasteiger partial charge in [-0.25, -0.2) is 8.42 Å². The molecule has 112 valence electrons. The van der Waals surface area contributed by atoms with Crippen molar-refractivity contribution in [1.82, 2.24) is 0 Å². The lowest BCUT2D eigenvalue weighted by molar-refractivity contribution is 0.441. The van der Waals surface area contributed by atoms with Gasteiger partial charge in [0, 0.05) is 11.8 Å². The summed E-state index contributed by atoms with van der Waals surface area (Å²) in [5.74, 6) is -0.153. The Hall–Kier alpha value is -1.18. The third kappa shape index (κ3) is 3.72. The van der Waals surface area contributed by atoms with E-state index in [1.54, 1.807) is 0 Å². The fraction of sp³-hybridized carbons (Fsp3) is 0. The van der Waals surface area contributed by atoms with Gasteiger partial charge in [0.15, 0.2) is 0 Å². The van der Waals surface area contributed by atoms with Crippen molar-refractivity contribution >= 4 is 50.6 Å². The summed E-state index contributed by atoms with van der Waals surface area (Å²) in [6, 6.07) is 6.40. The molecule has 0 atom stereocenters. The molecule has 0 radical (unpaired) electrons. The Morgan fingerprint density at radius 2 is 1.57 bits per heavy atom. The van der Waals surface area contributed by atoms with Crippen molar-refractivity contribution in [2.24, 2.45) is 0 Å². The van der Waals surface area contributed by atoms with Crippen LogP contribution in [-0.2, 0) is 10.1 Å². The van der Waals surface area contributed by atoms with Gasteiger partial charge in [-0.05, 0) is 24.3 Å². The summed E-state index contributed by atoms with van der Waals surface area (Å²) in [5.41, 5.74) is 5.94. The molecule has 0 unspecified atom stereocenters. The van der Waals surface area contributed by atoms with Crippen molar-refractivity contribution in [3.8, 4) is 11.5 Å². The molecular formula is C12H7Cl3NO4S-. The van der Waals surface area contributed by atoms with E-state index in [9.17, 15) is 13.0 Å². The molecule has 0 fully saturated rings. The minimum atomic E-state index is -4.80. The normalized spacial score (nSPS) is 11.4. The molecule has 0 spiro atoms. The molecule has 2 N–H and O–H groups in total. The largest absolute Gasteiger partial charge is 0.744 e. The van der Waals surface area contributed by atoms with Crippen LogP contribution in [0.2, 0.25) is 15.1 Å². The zero-order valence-electron chi connectivity index (χ0n) is 10.1. The van der Waals surface area contributed by atoms with Crippen molar-refractivity contribution < 1.29 is 17.7 Å². The van der Waals surface area contributed by atoms with Crippen molar-refractivity contribution in [3.05, 3.63) is 45.4 Å². The second-order valence-electron chi connectivity index (χ2n) is 3.96. The number of hydrogen-bond donors (Lipinski definition) is 1. The summed E-state index contributed by atoms with van der Waals surface area (Å²) in [4.78, 5) is -0.634. The zero-order valence-corrected chi connectivity index (χ0v) is 13.2. The van der Waals surface area contributed by atoms with E-state index in [1.807, 2.05) is 0 Å². The van der Waals surface area contributed by atoms with Crippen LogP contribution in [0.15, 0.2) is 35.2 Å². The van der Waals surface area contributed by atoms with Crippen LogP contribution < -0.4 is 10.5 Å². The van der Waals surface area contributed by atoms with Crippen LogP contribution in [-0.4, -0.2) is 13.0 Å². The molecule has 0 aliphatic heterocycles. The predicted octanol–water partition coefficient (Wildman–Crippen LogP) is 3.93. The maximum absolute atomic E-state index is 11.3. The molecule has 21 heavy (non-hydrogen) atoms. The molecule has 2 rings (SSSR count). The van der Waals surface area contributed by atoms with Crippen molar-refractivity contribution in [1.29, 1.82) is 0 Å². The van der Waals surface area contributed by atoms with Gasteiger partial charge in [0.05, 0.1) is 20.0 Å². The molecule has 0 aromatic heterocycles. The highest BCUT2D eigenvalue weighted by Crippen LogP contribution is 2.38. The molecule has 0 heterocycles. The first-order chi connectivity index (χ1) is 9.68. The monoisotopic (exact) mass is 366 g/mol. The molecule has 0 aliphatic rings. The minimum Gasteiger partial charge on any atom is -0.744 e. The topological polar surface area (TPSA) is 92.5 Å². The van der Waals surface area contributed by atoms with E-state index in [4.69, 9.17) is 45.3 Å². The molecule has 0 saturated carbocycles. The van der Waals surface area contributed by atoms with E-state index in [-0.39, 0.29) is 26.6 Å². The lowest BCUT2D eigenvalue weighted by Gasteiger charge is -2.15. The molecule has 9 heteroatoms. The third-order valence-electron chi connectivity index (χ3n) is 2.43. The number of ether oxygens (including phenoxy) is 1. The Morgan fingerprint density at radius 1 is 0.952 bits per heavy atom. The summed E-state index contributed by atoms with van der Waals surface area (Å²) in [5, 5.41) is 0.0998. The highest BCUT2D eigenvalue weighted by atomic mass is 35.5. The van der Waals surface area contributed by atoms with E-state index in [0.29, 0.717) is 5.69 Å². The Labute approximate surface area is 135 Å². The fourth-order valence-corrected chi connectivity index (χ4v) is 2.72. The molecule has 2 aromatic rings. The van der Waals surface area contributed by atoms with E-state index in [2.05, 4.69) is 0 Å². The second-order valence-corrected chi connectivity index (χ2v) is 6.53. The molecule has 2 aromatic carbocycles. The van der Waals surface area contributed by atoms with Gasteiger partial charge in [0.1, 0.15) is 21.6 Å². The van der Waals surface area contributed by atoms with Crippen LogP contribution in [0.3, 0.4) is 0 Å². The maximum Gasteiger partial charge on any atom is 0.146 e. The lowest BCUT2D eigenvalue weighted by atomic mass is 10.3. The molecule has 0 bridgehead atoms. The first-order valence-corrected chi connectivity index (χ1v) is 7.90. The van der Waals surface area contributed by atoms with Gasteiger partial charge in [0.2, 0.25) is 0 Å². The number of nitrogens with two attached hydrogens (primary N) is 1. The number of benzene rings is 2. The van der Waals surface area contributed by atoms with Gasteiger partial charge in [0.25, 0.3) is 0 Å². The Kier molecular flexibility index (Phi) is 4.55. The van der Waals surface area contributed by atoms with Crippen LogP contribution in [0, 0.1) is 0 Å². The number of nitrogen functional groups attached to an aromatic ring is 1. The summed E-state index contributed by atoms with van der Waals surface area (Å²) in [6.07, 6.45) is 0. The van der Waals surface area contributed by atoms with Crippen molar-refractivity contribution in [2.75, 3.05) is 5.73 Å². The van der Waals surface area contributed by atoms with Gasteiger partial charge >= 0.3 is 0 Å². The van der Waals surface area contributed by atoms with Crippen LogP contribution in [0.5, 0.6) is 11.5 Å². The number of hydrogen-bond acceptors (Lipinski definition) is 5. The highest BCUT2D eigenvalue weighted by molar-refractivity contribution is 7.85. The molecule has 0 saturated heterocycles. The number of rotatable bonds is 3. The molecule has 5 nitrogen and oxygen atoms in total. The maximum atomic E-state index is 11.3. The SMILES string of the molecule is Nc1ccc(Oc2cc(Cl)c(Cl)cc2S(=O)(=O)[O-])c(Cl)c1. The fourth-order valence-electron chi connectivity index (χ4n) is 1.50. The number of anilines is 1. The van der Waals surface area contributed by atoms with E-state index < -0.39 is 15.0 Å². The lowest BCUT2D eigenvalue weighted by Crippen LogP contribution is -2.02. The summed E-state index contributed by atoms with van der Waals surface area (Å²) < 4.78 is 39.1. The minimum absolute atomic E-state index is 0.0330. The van der Waals surface area contributed by atoms with Gasteiger partial charge in [-0.3, -0.25) is 0 Å². The molecule has 0 aliphatic carbocycles. The first-order valence-electron chi connectivity index (χ1n) is 5.36. The van der Waals surface area contributed by atoms with Crippen LogP contribution in [0.25, 0.3) is 0 Å². The van der Waals surface area contributed by atoms with Crippen molar-refractivity contribution in [3.63, 3.8) is 0 Å². The Morgan fingerprint density at radius 3 is 2.14 bits per heavy atom.